The van der Waals surface area contributed by atoms with Crippen molar-refractivity contribution in [3.63, 3.8) is 0 Å². The predicted octanol–water partition coefficient (Wildman–Crippen LogP) is -0.224. The smallest absolute Gasteiger partial charge is 0.278 e. The second-order valence-electron chi connectivity index (χ2n) is 4.87. The molecule has 0 heterocycles. The molecule has 0 aromatic rings. The van der Waals surface area contributed by atoms with Crippen molar-refractivity contribution in [1.29, 1.82) is 0 Å². The van der Waals surface area contributed by atoms with E-state index >= 15 is 0 Å². The van der Waals surface area contributed by atoms with Crippen molar-refractivity contribution in [3.8, 4) is 0 Å². The molecule has 0 aliphatic rings. The summed E-state index contributed by atoms with van der Waals surface area (Å²) < 4.78 is 0. The molecule has 4 nitrogen and oxygen atoms in total. The minimum Gasteiger partial charge on any atom is -0.394 e. The van der Waals surface area contributed by atoms with Crippen molar-refractivity contribution in [2.45, 2.75) is 46.2 Å². The van der Waals surface area contributed by atoms with Crippen LogP contribution in [-0.4, -0.2) is 29.7 Å². The quantitative estimate of drug-likeness (QED) is 0.575. The fraction of sp³-hybridized carbons (Fsp3) is 0.909. The molecule has 0 aliphatic heterocycles. The lowest BCUT2D eigenvalue weighted by Crippen LogP contribution is -2.70. The van der Waals surface area contributed by atoms with E-state index in [4.69, 9.17) is 5.11 Å². The maximum absolute atomic E-state index is 11.7. The van der Waals surface area contributed by atoms with Crippen molar-refractivity contribution in [1.82, 2.24) is 5.32 Å². The molecule has 0 radical (unpaired) electrons. The van der Waals surface area contributed by atoms with Gasteiger partial charge >= 0.3 is 0 Å². The molecule has 0 saturated heterocycles. The Morgan fingerprint density at radius 3 is 2.20 bits per heavy atom. The van der Waals surface area contributed by atoms with Crippen LogP contribution in [0.5, 0.6) is 0 Å². The molecule has 90 valence electrons. The molecule has 0 spiro atoms. The second-order valence-corrected chi connectivity index (χ2v) is 4.87. The SMILES string of the molecule is CC(C)C[C@@H](CO)NC(=O)[C@@H]([NH3+])C(C)C. The van der Waals surface area contributed by atoms with Crippen molar-refractivity contribution in [2.75, 3.05) is 6.61 Å². The predicted molar refractivity (Wildman–Crippen MR) is 60.0 cm³/mol. The molecule has 5 N–H and O–H groups in total. The first-order chi connectivity index (χ1) is 6.88. The average molecular weight is 217 g/mol. The van der Waals surface area contributed by atoms with Crippen LogP contribution in [0.4, 0.5) is 0 Å². The van der Waals surface area contributed by atoms with Gasteiger partial charge in [-0.3, -0.25) is 4.79 Å². The van der Waals surface area contributed by atoms with Crippen LogP contribution in [0.3, 0.4) is 0 Å². The van der Waals surface area contributed by atoms with E-state index in [0.717, 1.165) is 6.42 Å². The monoisotopic (exact) mass is 217 g/mol. The summed E-state index contributed by atoms with van der Waals surface area (Å²) in [4.78, 5) is 11.7. The Morgan fingerprint density at radius 1 is 1.33 bits per heavy atom. The molecule has 4 heteroatoms. The molecular weight excluding hydrogens is 192 g/mol. The van der Waals surface area contributed by atoms with Gasteiger partial charge in [0.2, 0.25) is 0 Å². The minimum atomic E-state index is -0.244. The Labute approximate surface area is 92.2 Å². The number of aliphatic hydroxyl groups is 1. The van der Waals surface area contributed by atoms with Gasteiger partial charge < -0.3 is 16.2 Å². The van der Waals surface area contributed by atoms with Gasteiger partial charge in [-0.05, 0) is 12.3 Å². The Balaban J connectivity index is 4.12. The van der Waals surface area contributed by atoms with Crippen LogP contribution < -0.4 is 11.1 Å². The Morgan fingerprint density at radius 2 is 1.87 bits per heavy atom. The lowest BCUT2D eigenvalue weighted by Gasteiger charge is -2.20. The van der Waals surface area contributed by atoms with Crippen LogP contribution in [0.25, 0.3) is 0 Å². The zero-order valence-corrected chi connectivity index (χ0v) is 10.3. The van der Waals surface area contributed by atoms with Gasteiger partial charge in [-0.2, -0.15) is 0 Å². The Bertz CT molecular complexity index is 193. The number of aliphatic hydroxyl groups excluding tert-OH is 1. The van der Waals surface area contributed by atoms with Crippen LogP contribution in [0.15, 0.2) is 0 Å². The van der Waals surface area contributed by atoms with E-state index in [-0.39, 0.29) is 30.5 Å². The zero-order chi connectivity index (χ0) is 12.0. The largest absolute Gasteiger partial charge is 0.394 e. The second kappa shape index (κ2) is 6.80. The van der Waals surface area contributed by atoms with Gasteiger partial charge in [-0.1, -0.05) is 27.7 Å². The zero-order valence-electron chi connectivity index (χ0n) is 10.3. The van der Waals surface area contributed by atoms with Crippen LogP contribution in [-0.2, 0) is 4.79 Å². The van der Waals surface area contributed by atoms with Gasteiger partial charge in [0.1, 0.15) is 0 Å². The highest BCUT2D eigenvalue weighted by Gasteiger charge is 2.23. The van der Waals surface area contributed by atoms with Gasteiger partial charge in [0.05, 0.1) is 12.6 Å². The fourth-order valence-electron chi connectivity index (χ4n) is 1.36. The Kier molecular flexibility index (Phi) is 6.52. The molecule has 0 aromatic carbocycles. The van der Waals surface area contributed by atoms with Gasteiger partial charge in [-0.25, -0.2) is 0 Å². The van der Waals surface area contributed by atoms with Crippen LogP contribution >= 0.6 is 0 Å². The fourth-order valence-corrected chi connectivity index (χ4v) is 1.36. The lowest BCUT2D eigenvalue weighted by atomic mass is 10.0. The van der Waals surface area contributed by atoms with E-state index in [1.54, 1.807) is 0 Å². The highest BCUT2D eigenvalue weighted by atomic mass is 16.3. The van der Waals surface area contributed by atoms with Crippen molar-refractivity contribution in [2.24, 2.45) is 11.8 Å². The van der Waals surface area contributed by atoms with E-state index in [9.17, 15) is 4.79 Å². The number of rotatable bonds is 6. The van der Waals surface area contributed by atoms with E-state index in [2.05, 4.69) is 24.9 Å². The first-order valence-electron chi connectivity index (χ1n) is 5.62. The molecular formula is C11H25N2O2+. The molecule has 0 aromatic heterocycles. The summed E-state index contributed by atoms with van der Waals surface area (Å²) >= 11 is 0. The standard InChI is InChI=1S/C11H24N2O2/c1-7(2)5-9(6-14)13-11(15)10(12)8(3)4/h7-10,14H,5-6,12H2,1-4H3,(H,13,15)/p+1/t9-,10-/m0/s1. The summed E-state index contributed by atoms with van der Waals surface area (Å²) in [5.74, 6) is 0.623. The normalized spacial score (nSPS) is 15.5. The number of hydrogen-bond acceptors (Lipinski definition) is 2. The number of hydrogen-bond donors (Lipinski definition) is 3. The number of amides is 1. The molecule has 0 fully saturated rings. The van der Waals surface area contributed by atoms with Crippen molar-refractivity contribution in [3.05, 3.63) is 0 Å². The molecule has 0 rings (SSSR count). The van der Waals surface area contributed by atoms with E-state index in [1.807, 2.05) is 13.8 Å². The number of nitrogens with one attached hydrogen (secondary N) is 1. The third-order valence-corrected chi connectivity index (χ3v) is 2.46. The third kappa shape index (κ3) is 5.74. The molecule has 0 unspecified atom stereocenters. The van der Waals surface area contributed by atoms with E-state index < -0.39 is 0 Å². The first kappa shape index (κ1) is 14.4. The summed E-state index contributed by atoms with van der Waals surface area (Å²) in [5, 5.41) is 11.9. The number of carbonyl (C=O) groups is 1. The molecule has 15 heavy (non-hydrogen) atoms. The minimum absolute atomic E-state index is 0.00522. The van der Waals surface area contributed by atoms with Crippen LogP contribution in [0.1, 0.15) is 34.1 Å². The molecule has 2 atom stereocenters. The summed E-state index contributed by atoms with van der Waals surface area (Å²) in [6, 6.07) is -0.383. The van der Waals surface area contributed by atoms with Crippen molar-refractivity contribution >= 4 is 5.91 Å². The van der Waals surface area contributed by atoms with Gasteiger partial charge in [0.25, 0.3) is 5.91 Å². The van der Waals surface area contributed by atoms with Gasteiger partial charge in [-0.15, -0.1) is 0 Å². The summed E-state index contributed by atoms with van der Waals surface area (Å²) in [7, 11) is 0. The van der Waals surface area contributed by atoms with Crippen LogP contribution in [0.2, 0.25) is 0 Å². The maximum atomic E-state index is 11.7. The number of quaternary nitrogens is 1. The van der Waals surface area contributed by atoms with Gasteiger partial charge in [0, 0.05) is 5.92 Å². The van der Waals surface area contributed by atoms with E-state index in [0.29, 0.717) is 5.92 Å². The van der Waals surface area contributed by atoms with Crippen LogP contribution in [0, 0.1) is 11.8 Å². The highest BCUT2D eigenvalue weighted by molar-refractivity contribution is 5.80. The third-order valence-electron chi connectivity index (χ3n) is 2.46. The maximum Gasteiger partial charge on any atom is 0.278 e. The molecule has 0 bridgehead atoms. The van der Waals surface area contributed by atoms with Gasteiger partial charge in [0.15, 0.2) is 6.04 Å². The summed E-state index contributed by atoms with van der Waals surface area (Å²) in [6.07, 6.45) is 0.799. The summed E-state index contributed by atoms with van der Waals surface area (Å²) in [6.45, 7) is 8.06. The number of carbonyl (C=O) groups excluding carboxylic acids is 1. The Hall–Kier alpha value is -0.610. The molecule has 1 amide bonds. The van der Waals surface area contributed by atoms with Crippen molar-refractivity contribution < 1.29 is 15.6 Å². The average Bonchev–Trinajstić information content (AvgIpc) is 2.14. The molecule has 0 aliphatic carbocycles. The lowest BCUT2D eigenvalue weighted by molar-refractivity contribution is -0.414. The first-order valence-corrected chi connectivity index (χ1v) is 5.62. The molecule has 0 saturated carbocycles. The van der Waals surface area contributed by atoms with E-state index in [1.165, 1.54) is 0 Å². The topological polar surface area (TPSA) is 77.0 Å². The highest BCUT2D eigenvalue weighted by Crippen LogP contribution is 2.05. The summed E-state index contributed by atoms with van der Waals surface area (Å²) in [5.41, 5.74) is 3.81.